The minimum Gasteiger partial charge on any atom is -0.349 e. The summed E-state index contributed by atoms with van der Waals surface area (Å²) in [5.41, 5.74) is 4.20. The van der Waals surface area contributed by atoms with Gasteiger partial charge >= 0.3 is 0 Å². The number of hydrogen-bond donors (Lipinski definition) is 0. The molecule has 0 radical (unpaired) electrons. The second-order valence-electron chi connectivity index (χ2n) is 6.13. The van der Waals surface area contributed by atoms with E-state index in [0.717, 1.165) is 48.4 Å². The van der Waals surface area contributed by atoms with E-state index < -0.39 is 0 Å². The van der Waals surface area contributed by atoms with Crippen LogP contribution in [0.3, 0.4) is 0 Å². The van der Waals surface area contributed by atoms with Crippen molar-refractivity contribution >= 4 is 5.91 Å². The molecule has 0 spiro atoms. The van der Waals surface area contributed by atoms with Crippen molar-refractivity contribution in [2.75, 3.05) is 6.54 Å². The summed E-state index contributed by atoms with van der Waals surface area (Å²) in [7, 11) is 1.92. The van der Waals surface area contributed by atoms with E-state index in [4.69, 9.17) is 0 Å². The Labute approximate surface area is 131 Å². The van der Waals surface area contributed by atoms with Gasteiger partial charge in [0.25, 0.3) is 5.91 Å². The lowest BCUT2D eigenvalue weighted by molar-refractivity contribution is 0.0734. The number of carbonyl (C=O) groups excluding carboxylic acids is 1. The van der Waals surface area contributed by atoms with Crippen LogP contribution in [-0.2, 0) is 13.6 Å². The Kier molecular flexibility index (Phi) is 3.81. The highest BCUT2D eigenvalue weighted by atomic mass is 16.2. The second-order valence-corrected chi connectivity index (χ2v) is 6.13. The van der Waals surface area contributed by atoms with Crippen LogP contribution in [0, 0.1) is 13.8 Å². The van der Waals surface area contributed by atoms with E-state index in [0.29, 0.717) is 0 Å². The number of hydrogen-bond acceptors (Lipinski definition) is 2. The number of amides is 1. The van der Waals surface area contributed by atoms with Gasteiger partial charge in [0.15, 0.2) is 0 Å². The molecular weight excluding hydrogens is 276 g/mol. The highest BCUT2D eigenvalue weighted by Gasteiger charge is 2.32. The van der Waals surface area contributed by atoms with E-state index in [1.54, 1.807) is 4.68 Å². The fourth-order valence-electron chi connectivity index (χ4n) is 3.63. The SMILES string of the molecule is CCn1c(C)cc(C(=O)N2CCC[C@H]2c2cnn(C)c2)c1C. The van der Waals surface area contributed by atoms with E-state index in [2.05, 4.69) is 23.5 Å². The summed E-state index contributed by atoms with van der Waals surface area (Å²) >= 11 is 0. The summed E-state index contributed by atoms with van der Waals surface area (Å²) in [4.78, 5) is 15.0. The molecule has 2 aromatic rings. The second kappa shape index (κ2) is 5.63. The molecule has 0 bridgehead atoms. The van der Waals surface area contributed by atoms with Gasteiger partial charge in [0.2, 0.25) is 0 Å². The minimum atomic E-state index is 0.152. The van der Waals surface area contributed by atoms with Gasteiger partial charge in [0, 0.05) is 43.3 Å². The first-order valence-corrected chi connectivity index (χ1v) is 7.99. The van der Waals surface area contributed by atoms with Gasteiger partial charge in [-0.3, -0.25) is 9.48 Å². The standard InChI is InChI=1S/C17H24N4O/c1-5-20-12(2)9-15(13(20)3)17(22)21-8-6-7-16(21)14-10-18-19(4)11-14/h9-11,16H,5-8H2,1-4H3/t16-/m0/s1. The number of rotatable bonds is 3. The number of nitrogens with zero attached hydrogens (tertiary/aromatic N) is 4. The molecule has 0 saturated carbocycles. The first-order chi connectivity index (χ1) is 10.5. The van der Waals surface area contributed by atoms with Crippen LogP contribution in [0.4, 0.5) is 0 Å². The zero-order valence-electron chi connectivity index (χ0n) is 13.8. The lowest BCUT2D eigenvalue weighted by atomic mass is 10.1. The largest absolute Gasteiger partial charge is 0.349 e. The van der Waals surface area contributed by atoms with E-state index in [1.807, 2.05) is 37.3 Å². The lowest BCUT2D eigenvalue weighted by Crippen LogP contribution is -2.30. The molecule has 0 aromatic carbocycles. The van der Waals surface area contributed by atoms with E-state index in [9.17, 15) is 4.79 Å². The van der Waals surface area contributed by atoms with Crippen molar-refractivity contribution in [2.45, 2.75) is 46.2 Å². The van der Waals surface area contributed by atoms with E-state index in [-0.39, 0.29) is 11.9 Å². The van der Waals surface area contributed by atoms with Crippen molar-refractivity contribution in [3.05, 3.63) is 41.0 Å². The molecule has 3 rings (SSSR count). The Hall–Kier alpha value is -2.04. The van der Waals surface area contributed by atoms with Crippen LogP contribution in [-0.4, -0.2) is 31.7 Å². The zero-order chi connectivity index (χ0) is 15.9. The Balaban J connectivity index is 1.91. The number of aromatic nitrogens is 3. The maximum absolute atomic E-state index is 13.0. The molecular formula is C17H24N4O. The predicted octanol–water partition coefficient (Wildman–Crippen LogP) is 2.84. The van der Waals surface area contributed by atoms with Crippen LogP contribution < -0.4 is 0 Å². The number of carbonyl (C=O) groups is 1. The van der Waals surface area contributed by atoms with Gasteiger partial charge < -0.3 is 9.47 Å². The predicted molar refractivity (Wildman–Crippen MR) is 85.8 cm³/mol. The molecule has 1 atom stereocenters. The number of aryl methyl sites for hydroxylation is 2. The molecule has 1 saturated heterocycles. The van der Waals surface area contributed by atoms with Crippen LogP contribution in [0.5, 0.6) is 0 Å². The third-order valence-electron chi connectivity index (χ3n) is 4.74. The van der Waals surface area contributed by atoms with Crippen LogP contribution >= 0.6 is 0 Å². The molecule has 0 N–H and O–H groups in total. The van der Waals surface area contributed by atoms with E-state index >= 15 is 0 Å². The molecule has 5 nitrogen and oxygen atoms in total. The summed E-state index contributed by atoms with van der Waals surface area (Å²) < 4.78 is 4.00. The van der Waals surface area contributed by atoms with Gasteiger partial charge in [-0.2, -0.15) is 5.10 Å². The third kappa shape index (κ3) is 2.34. The van der Waals surface area contributed by atoms with Gasteiger partial charge in [-0.25, -0.2) is 0 Å². The van der Waals surface area contributed by atoms with Crippen molar-refractivity contribution in [3.63, 3.8) is 0 Å². The smallest absolute Gasteiger partial charge is 0.256 e. The maximum Gasteiger partial charge on any atom is 0.256 e. The topological polar surface area (TPSA) is 43.1 Å². The molecule has 1 amide bonds. The van der Waals surface area contributed by atoms with Crippen molar-refractivity contribution < 1.29 is 4.79 Å². The molecule has 1 fully saturated rings. The maximum atomic E-state index is 13.0. The third-order valence-corrected chi connectivity index (χ3v) is 4.74. The first-order valence-electron chi connectivity index (χ1n) is 7.99. The van der Waals surface area contributed by atoms with Gasteiger partial charge in [0.05, 0.1) is 17.8 Å². The highest BCUT2D eigenvalue weighted by Crippen LogP contribution is 2.33. The van der Waals surface area contributed by atoms with Gasteiger partial charge in [-0.05, 0) is 39.7 Å². The highest BCUT2D eigenvalue weighted by molar-refractivity contribution is 5.96. The summed E-state index contributed by atoms with van der Waals surface area (Å²) in [6.07, 6.45) is 5.97. The number of likely N-dealkylation sites (tertiary alicyclic amines) is 1. The van der Waals surface area contributed by atoms with Crippen molar-refractivity contribution in [2.24, 2.45) is 7.05 Å². The van der Waals surface area contributed by atoms with E-state index in [1.165, 1.54) is 0 Å². The van der Waals surface area contributed by atoms with Gasteiger partial charge in [-0.15, -0.1) is 0 Å². The molecule has 3 heterocycles. The molecule has 0 aliphatic carbocycles. The molecule has 0 unspecified atom stereocenters. The molecule has 118 valence electrons. The minimum absolute atomic E-state index is 0.152. The zero-order valence-corrected chi connectivity index (χ0v) is 13.8. The summed E-state index contributed by atoms with van der Waals surface area (Å²) in [6.45, 7) is 7.95. The average Bonchev–Trinajstić information content (AvgIpc) is 3.17. The summed E-state index contributed by atoms with van der Waals surface area (Å²) in [5.74, 6) is 0.152. The first kappa shape index (κ1) is 14.9. The lowest BCUT2D eigenvalue weighted by Gasteiger charge is -2.24. The Morgan fingerprint density at radius 1 is 1.41 bits per heavy atom. The van der Waals surface area contributed by atoms with Crippen LogP contribution in [0.15, 0.2) is 18.5 Å². The Bertz CT molecular complexity index is 698. The monoisotopic (exact) mass is 300 g/mol. The van der Waals surface area contributed by atoms with Crippen LogP contribution in [0.25, 0.3) is 0 Å². The molecule has 2 aromatic heterocycles. The van der Waals surface area contributed by atoms with Gasteiger partial charge in [0.1, 0.15) is 0 Å². The Morgan fingerprint density at radius 2 is 2.18 bits per heavy atom. The fourth-order valence-corrected chi connectivity index (χ4v) is 3.63. The van der Waals surface area contributed by atoms with Crippen molar-refractivity contribution in [1.82, 2.24) is 19.2 Å². The summed E-state index contributed by atoms with van der Waals surface area (Å²) in [6, 6.07) is 2.19. The van der Waals surface area contributed by atoms with Crippen LogP contribution in [0.1, 0.15) is 53.1 Å². The van der Waals surface area contributed by atoms with Crippen molar-refractivity contribution in [1.29, 1.82) is 0 Å². The normalized spacial score (nSPS) is 18.2. The van der Waals surface area contributed by atoms with Crippen LogP contribution in [0.2, 0.25) is 0 Å². The molecule has 5 heteroatoms. The Morgan fingerprint density at radius 3 is 2.77 bits per heavy atom. The van der Waals surface area contributed by atoms with Crippen molar-refractivity contribution in [3.8, 4) is 0 Å². The fraction of sp³-hybridized carbons (Fsp3) is 0.529. The van der Waals surface area contributed by atoms with Gasteiger partial charge in [-0.1, -0.05) is 0 Å². The molecule has 22 heavy (non-hydrogen) atoms. The summed E-state index contributed by atoms with van der Waals surface area (Å²) in [5, 5.41) is 4.25. The molecule has 1 aliphatic rings. The quantitative estimate of drug-likeness (QED) is 0.875. The molecule has 1 aliphatic heterocycles. The average molecular weight is 300 g/mol.